The minimum Gasteiger partial charge on any atom is -0.360 e. The monoisotopic (exact) mass is 310 g/mol. The number of pyridine rings is 1. The fourth-order valence-electron chi connectivity index (χ4n) is 2.50. The third-order valence-corrected chi connectivity index (χ3v) is 3.79. The Morgan fingerprint density at radius 2 is 1.91 bits per heavy atom. The highest BCUT2D eigenvalue weighted by Crippen LogP contribution is 2.20. The molecule has 0 aliphatic rings. The number of carbonyl (C=O) groups is 1. The fourth-order valence-corrected chi connectivity index (χ4v) is 2.50. The van der Waals surface area contributed by atoms with Gasteiger partial charge in [-0.1, -0.05) is 18.2 Å². The first-order valence-corrected chi connectivity index (χ1v) is 7.13. The lowest BCUT2D eigenvalue weighted by molar-refractivity contribution is 0.0991. The van der Waals surface area contributed by atoms with E-state index in [-0.39, 0.29) is 16.7 Å². The molecule has 3 rings (SSSR count). The van der Waals surface area contributed by atoms with Gasteiger partial charge in [0.15, 0.2) is 0 Å². The standard InChI is InChI=1S/C18H15FN2O2/c1-11-7-8-16(14(19)9-11)21(2)18(23)13-10-20-15-6-4-3-5-12(15)17(13)22/h3-10H,1-2H3,(H,20,22). The minimum absolute atomic E-state index is 0.0221. The van der Waals surface area contributed by atoms with Gasteiger partial charge < -0.3 is 9.88 Å². The lowest BCUT2D eigenvalue weighted by atomic mass is 10.1. The first-order valence-electron chi connectivity index (χ1n) is 7.13. The SMILES string of the molecule is Cc1ccc(N(C)C(=O)c2c[nH]c3ccccc3c2=O)c(F)c1. The van der Waals surface area contributed by atoms with E-state index in [1.807, 2.05) is 0 Å². The van der Waals surface area contributed by atoms with Crippen LogP contribution >= 0.6 is 0 Å². The molecule has 0 atom stereocenters. The Hall–Kier alpha value is -2.95. The van der Waals surface area contributed by atoms with Gasteiger partial charge in [0, 0.05) is 24.1 Å². The Labute approximate surface area is 132 Å². The van der Waals surface area contributed by atoms with E-state index in [0.29, 0.717) is 10.9 Å². The maximum atomic E-state index is 14.1. The highest BCUT2D eigenvalue weighted by atomic mass is 19.1. The number of nitrogens with one attached hydrogen (secondary N) is 1. The first kappa shape index (κ1) is 15.0. The number of halogens is 1. The maximum absolute atomic E-state index is 14.1. The zero-order valence-corrected chi connectivity index (χ0v) is 12.8. The average molecular weight is 310 g/mol. The molecule has 1 heterocycles. The second kappa shape index (κ2) is 5.68. The third-order valence-electron chi connectivity index (χ3n) is 3.79. The number of hydrogen-bond donors (Lipinski definition) is 1. The Morgan fingerprint density at radius 3 is 2.65 bits per heavy atom. The van der Waals surface area contributed by atoms with E-state index in [2.05, 4.69) is 4.98 Å². The number of rotatable bonds is 2. The number of aromatic nitrogens is 1. The third kappa shape index (κ3) is 2.61. The summed E-state index contributed by atoms with van der Waals surface area (Å²) in [6.07, 6.45) is 1.37. The molecule has 0 saturated heterocycles. The molecule has 1 amide bonds. The van der Waals surface area contributed by atoms with Gasteiger partial charge in [0.05, 0.1) is 5.69 Å². The van der Waals surface area contributed by atoms with E-state index >= 15 is 0 Å². The molecule has 0 fully saturated rings. The van der Waals surface area contributed by atoms with Gasteiger partial charge in [0.1, 0.15) is 11.4 Å². The number of carbonyl (C=O) groups excluding carboxylic acids is 1. The van der Waals surface area contributed by atoms with Crippen LogP contribution in [0.2, 0.25) is 0 Å². The van der Waals surface area contributed by atoms with Gasteiger partial charge in [0.25, 0.3) is 5.91 Å². The summed E-state index contributed by atoms with van der Waals surface area (Å²) < 4.78 is 14.1. The molecule has 0 saturated carbocycles. The normalized spacial score (nSPS) is 10.7. The summed E-state index contributed by atoms with van der Waals surface area (Å²) in [5.74, 6) is -1.06. The van der Waals surface area contributed by atoms with Crippen LogP contribution in [0.15, 0.2) is 53.5 Å². The average Bonchev–Trinajstić information content (AvgIpc) is 2.54. The molecule has 0 spiro atoms. The molecule has 0 aliphatic heterocycles. The largest absolute Gasteiger partial charge is 0.360 e. The predicted octanol–water partition coefficient (Wildman–Crippen LogP) is 3.25. The van der Waals surface area contributed by atoms with E-state index < -0.39 is 11.7 Å². The summed E-state index contributed by atoms with van der Waals surface area (Å²) in [7, 11) is 1.45. The number of benzene rings is 2. The number of nitrogens with zero attached hydrogens (tertiary/aromatic N) is 1. The highest BCUT2D eigenvalue weighted by Gasteiger charge is 2.20. The second-order valence-corrected chi connectivity index (χ2v) is 5.40. The van der Waals surface area contributed by atoms with Crippen LogP contribution in [0.4, 0.5) is 10.1 Å². The molecule has 3 aromatic rings. The van der Waals surface area contributed by atoms with Crippen LogP contribution in [0, 0.1) is 12.7 Å². The molecule has 4 nitrogen and oxygen atoms in total. The molecule has 23 heavy (non-hydrogen) atoms. The summed E-state index contributed by atoms with van der Waals surface area (Å²) in [4.78, 5) is 29.1. The van der Waals surface area contributed by atoms with Gasteiger partial charge in [0.2, 0.25) is 5.43 Å². The zero-order valence-electron chi connectivity index (χ0n) is 12.8. The number of amides is 1. The van der Waals surface area contributed by atoms with Gasteiger partial charge >= 0.3 is 0 Å². The van der Waals surface area contributed by atoms with Crippen LogP contribution in [0.25, 0.3) is 10.9 Å². The Kier molecular flexibility index (Phi) is 3.70. The molecule has 0 bridgehead atoms. The van der Waals surface area contributed by atoms with Crippen LogP contribution in [-0.2, 0) is 0 Å². The van der Waals surface area contributed by atoms with Gasteiger partial charge in [-0.2, -0.15) is 0 Å². The van der Waals surface area contributed by atoms with Crippen molar-refractivity contribution in [3.63, 3.8) is 0 Å². The molecule has 5 heteroatoms. The molecular weight excluding hydrogens is 295 g/mol. The molecule has 1 aromatic heterocycles. The Balaban J connectivity index is 2.06. The molecule has 0 unspecified atom stereocenters. The van der Waals surface area contributed by atoms with Gasteiger partial charge in [-0.15, -0.1) is 0 Å². The Morgan fingerprint density at radius 1 is 1.17 bits per heavy atom. The molecule has 0 radical (unpaired) electrons. The van der Waals surface area contributed by atoms with Crippen molar-refractivity contribution < 1.29 is 9.18 Å². The van der Waals surface area contributed by atoms with E-state index in [4.69, 9.17) is 0 Å². The molecule has 2 aromatic carbocycles. The number of hydrogen-bond acceptors (Lipinski definition) is 2. The lowest BCUT2D eigenvalue weighted by Crippen LogP contribution is -2.31. The maximum Gasteiger partial charge on any atom is 0.263 e. The van der Waals surface area contributed by atoms with Crippen molar-refractivity contribution in [1.82, 2.24) is 4.98 Å². The summed E-state index contributed by atoms with van der Waals surface area (Å²) in [6, 6.07) is 11.5. The fraction of sp³-hybridized carbons (Fsp3) is 0.111. The van der Waals surface area contributed by atoms with Crippen LogP contribution in [-0.4, -0.2) is 17.9 Å². The summed E-state index contributed by atoms with van der Waals surface area (Å²) in [6.45, 7) is 1.77. The Bertz CT molecular complexity index is 963. The van der Waals surface area contributed by atoms with Gasteiger partial charge in [-0.05, 0) is 36.8 Å². The van der Waals surface area contributed by atoms with Gasteiger partial charge in [-0.25, -0.2) is 4.39 Å². The minimum atomic E-state index is -0.556. The summed E-state index contributed by atoms with van der Waals surface area (Å²) in [5.41, 5.74) is 1.15. The van der Waals surface area contributed by atoms with Crippen LogP contribution in [0.3, 0.4) is 0 Å². The van der Waals surface area contributed by atoms with Crippen molar-refractivity contribution in [2.75, 3.05) is 11.9 Å². The number of anilines is 1. The topological polar surface area (TPSA) is 53.2 Å². The molecule has 116 valence electrons. The van der Waals surface area contributed by atoms with Crippen LogP contribution in [0.5, 0.6) is 0 Å². The molecule has 0 aliphatic carbocycles. The summed E-state index contributed by atoms with van der Waals surface area (Å²) in [5, 5.41) is 0.427. The van der Waals surface area contributed by atoms with E-state index in [1.165, 1.54) is 25.4 Å². The number of H-pyrrole nitrogens is 1. The molecular formula is C18H15FN2O2. The number of aromatic amines is 1. The smallest absolute Gasteiger partial charge is 0.263 e. The zero-order chi connectivity index (χ0) is 16.6. The number of para-hydroxylation sites is 1. The quantitative estimate of drug-likeness (QED) is 0.790. The van der Waals surface area contributed by atoms with Crippen molar-refractivity contribution in [1.29, 1.82) is 0 Å². The first-order chi connectivity index (χ1) is 11.0. The van der Waals surface area contributed by atoms with Crippen molar-refractivity contribution >= 4 is 22.5 Å². The van der Waals surface area contributed by atoms with E-state index in [1.54, 1.807) is 37.3 Å². The number of fused-ring (bicyclic) bond motifs is 1. The highest BCUT2D eigenvalue weighted by molar-refractivity contribution is 6.07. The van der Waals surface area contributed by atoms with E-state index in [0.717, 1.165) is 10.5 Å². The lowest BCUT2D eigenvalue weighted by Gasteiger charge is -2.18. The van der Waals surface area contributed by atoms with Crippen molar-refractivity contribution in [3.8, 4) is 0 Å². The number of aryl methyl sites for hydroxylation is 1. The van der Waals surface area contributed by atoms with Crippen LogP contribution in [0.1, 0.15) is 15.9 Å². The van der Waals surface area contributed by atoms with E-state index in [9.17, 15) is 14.0 Å². The summed E-state index contributed by atoms with van der Waals surface area (Å²) >= 11 is 0. The predicted molar refractivity (Wildman–Crippen MR) is 88.4 cm³/mol. The second-order valence-electron chi connectivity index (χ2n) is 5.40. The van der Waals surface area contributed by atoms with Crippen molar-refractivity contribution in [3.05, 3.63) is 75.8 Å². The van der Waals surface area contributed by atoms with Crippen molar-refractivity contribution in [2.24, 2.45) is 0 Å². The van der Waals surface area contributed by atoms with Gasteiger partial charge in [-0.3, -0.25) is 9.59 Å². The molecule has 1 N–H and O–H groups in total. The van der Waals surface area contributed by atoms with Crippen molar-refractivity contribution in [2.45, 2.75) is 6.92 Å². The van der Waals surface area contributed by atoms with Crippen LogP contribution < -0.4 is 10.3 Å².